The van der Waals surface area contributed by atoms with Gasteiger partial charge in [0.15, 0.2) is 0 Å². The predicted molar refractivity (Wildman–Crippen MR) is 112 cm³/mol. The molecule has 0 heterocycles. The predicted octanol–water partition coefficient (Wildman–Crippen LogP) is 3.96. The summed E-state index contributed by atoms with van der Waals surface area (Å²) in [7, 11) is 1.54. The van der Waals surface area contributed by atoms with Gasteiger partial charge in [0.05, 0.1) is 13.2 Å². The number of imide groups is 1. The minimum atomic E-state index is -1.13. The number of ether oxygens (including phenoxy) is 1. The molecule has 2 amide bonds. The van der Waals surface area contributed by atoms with E-state index in [1.807, 2.05) is 26.8 Å². The fraction of sp³-hybridized carbons (Fsp3) is 0.348. The van der Waals surface area contributed by atoms with E-state index in [4.69, 9.17) is 4.74 Å². The average Bonchev–Trinajstić information content (AvgIpc) is 2.69. The number of benzene rings is 2. The van der Waals surface area contributed by atoms with Gasteiger partial charge in [-0.2, -0.15) is 5.26 Å². The molecule has 2 rings (SSSR count). The van der Waals surface area contributed by atoms with Crippen molar-refractivity contribution in [2.45, 2.75) is 46.6 Å². The molecule has 6 nitrogen and oxygen atoms in total. The van der Waals surface area contributed by atoms with Crippen molar-refractivity contribution in [1.82, 2.24) is 10.4 Å². The van der Waals surface area contributed by atoms with Crippen molar-refractivity contribution in [3.8, 4) is 11.8 Å². The van der Waals surface area contributed by atoms with E-state index >= 15 is 0 Å². The topological polar surface area (TPSA) is 82.4 Å². The third-order valence-corrected chi connectivity index (χ3v) is 4.48. The second-order valence-electron chi connectivity index (χ2n) is 7.51. The van der Waals surface area contributed by atoms with E-state index in [-0.39, 0.29) is 0 Å². The fourth-order valence-corrected chi connectivity index (χ4v) is 3.17. The Bertz CT molecular complexity index is 954. The number of nitrogens with zero attached hydrogens (tertiary/aromatic N) is 2. The summed E-state index contributed by atoms with van der Waals surface area (Å²) >= 11 is 0. The second-order valence-corrected chi connectivity index (χ2v) is 7.51. The Morgan fingerprint density at radius 1 is 1.14 bits per heavy atom. The molecule has 152 valence electrons. The molecule has 0 saturated carbocycles. The van der Waals surface area contributed by atoms with Crippen molar-refractivity contribution in [2.75, 3.05) is 7.11 Å². The number of hydrazine groups is 1. The molecule has 0 unspecified atom stereocenters. The molecule has 0 aliphatic carbocycles. The molecule has 0 fully saturated rings. The molecule has 0 radical (unpaired) electrons. The molecule has 1 N–H and O–H groups in total. The third kappa shape index (κ3) is 5.01. The van der Waals surface area contributed by atoms with Gasteiger partial charge in [-0.05, 0) is 58.4 Å². The van der Waals surface area contributed by atoms with E-state index in [2.05, 4.69) is 11.5 Å². The Morgan fingerprint density at radius 2 is 1.76 bits per heavy atom. The van der Waals surface area contributed by atoms with Crippen LogP contribution < -0.4 is 10.2 Å². The van der Waals surface area contributed by atoms with Gasteiger partial charge < -0.3 is 4.74 Å². The summed E-state index contributed by atoms with van der Waals surface area (Å²) in [5.74, 6) is -0.472. The normalized spacial score (nSPS) is 10.9. The van der Waals surface area contributed by atoms with Gasteiger partial charge >= 0.3 is 0 Å². The van der Waals surface area contributed by atoms with Crippen LogP contribution in [0.5, 0.6) is 5.75 Å². The summed E-state index contributed by atoms with van der Waals surface area (Å²) in [6, 6.07) is 12.6. The van der Waals surface area contributed by atoms with Crippen molar-refractivity contribution in [2.24, 2.45) is 0 Å². The quantitative estimate of drug-likeness (QED) is 0.593. The van der Waals surface area contributed by atoms with Gasteiger partial charge in [-0.3, -0.25) is 9.59 Å². The summed E-state index contributed by atoms with van der Waals surface area (Å²) in [6.45, 7) is 8.90. The van der Waals surface area contributed by atoms with Gasteiger partial charge in [0.1, 0.15) is 11.3 Å². The summed E-state index contributed by atoms with van der Waals surface area (Å²) in [6.07, 6.45) is 0.554. The molecule has 2 aromatic carbocycles. The number of carbonyl (C=O) groups is 2. The maximum Gasteiger partial charge on any atom is 0.275 e. The molecule has 6 heteroatoms. The van der Waals surface area contributed by atoms with Crippen LogP contribution in [-0.2, 0) is 6.42 Å². The number of amides is 2. The number of hydrogen-bond donors (Lipinski definition) is 1. The van der Waals surface area contributed by atoms with Crippen LogP contribution >= 0.6 is 0 Å². The zero-order chi connectivity index (χ0) is 21.8. The van der Waals surface area contributed by atoms with Crippen molar-refractivity contribution in [1.29, 1.82) is 5.26 Å². The first-order chi connectivity index (χ1) is 13.6. The molecule has 0 spiro atoms. The fourth-order valence-electron chi connectivity index (χ4n) is 3.17. The monoisotopic (exact) mass is 393 g/mol. The minimum absolute atomic E-state index is 0.353. The second kappa shape index (κ2) is 8.89. The van der Waals surface area contributed by atoms with E-state index in [9.17, 15) is 14.9 Å². The van der Waals surface area contributed by atoms with Gasteiger partial charge in [0, 0.05) is 16.7 Å². The van der Waals surface area contributed by atoms with E-state index < -0.39 is 17.4 Å². The highest BCUT2D eigenvalue weighted by Crippen LogP contribution is 2.25. The Morgan fingerprint density at radius 3 is 2.28 bits per heavy atom. The van der Waals surface area contributed by atoms with Gasteiger partial charge in [-0.15, -0.1) is 0 Å². The lowest BCUT2D eigenvalue weighted by Gasteiger charge is -2.29. The summed E-state index contributed by atoms with van der Waals surface area (Å²) in [5, 5.41) is 10.4. The first-order valence-electron chi connectivity index (χ1n) is 9.45. The maximum atomic E-state index is 13.4. The van der Waals surface area contributed by atoms with Gasteiger partial charge in [0.25, 0.3) is 11.8 Å². The number of nitrogens with one attached hydrogen (secondary N) is 1. The molecule has 0 aliphatic rings. The SMILES string of the molecule is CCc1c(OC)cccc1C(=O)N(NC(C)(C)C#N)C(=O)c1cc(C)cc(C)c1. The lowest BCUT2D eigenvalue weighted by Crippen LogP contribution is -2.55. The van der Waals surface area contributed by atoms with Gasteiger partial charge in [-0.1, -0.05) is 30.2 Å². The standard InChI is InChI=1S/C23H27N3O3/c1-7-18-19(9-8-10-20(18)29-6)22(28)26(25-23(4,5)14-24)21(27)17-12-15(2)11-16(3)13-17/h8-13,25H,7H2,1-6H3. The van der Waals surface area contributed by atoms with Crippen molar-refractivity contribution in [3.05, 3.63) is 64.2 Å². The van der Waals surface area contributed by atoms with Crippen LogP contribution in [0.25, 0.3) is 0 Å². The van der Waals surface area contributed by atoms with Crippen LogP contribution in [0.1, 0.15) is 58.2 Å². The number of rotatable bonds is 6. The number of methoxy groups -OCH3 is 1. The number of carbonyl (C=O) groups excluding carboxylic acids is 2. The molecule has 0 atom stereocenters. The first-order valence-corrected chi connectivity index (χ1v) is 9.45. The Hall–Kier alpha value is -3.17. The molecule has 2 aromatic rings. The Kier molecular flexibility index (Phi) is 6.78. The molecule has 0 aromatic heterocycles. The van der Waals surface area contributed by atoms with Crippen LogP contribution in [0.3, 0.4) is 0 Å². The van der Waals surface area contributed by atoms with Crippen LogP contribution in [0.15, 0.2) is 36.4 Å². The number of nitriles is 1. The largest absolute Gasteiger partial charge is 0.496 e. The molecule has 29 heavy (non-hydrogen) atoms. The van der Waals surface area contributed by atoms with Gasteiger partial charge in [0.2, 0.25) is 0 Å². The summed E-state index contributed by atoms with van der Waals surface area (Å²) in [4.78, 5) is 26.8. The highest BCUT2D eigenvalue weighted by atomic mass is 16.5. The average molecular weight is 393 g/mol. The Labute approximate surface area is 172 Å². The van der Waals surface area contributed by atoms with Crippen LogP contribution in [0, 0.1) is 25.2 Å². The van der Waals surface area contributed by atoms with Crippen molar-refractivity contribution >= 4 is 11.8 Å². The maximum absolute atomic E-state index is 13.4. The smallest absolute Gasteiger partial charge is 0.275 e. The summed E-state index contributed by atoms with van der Waals surface area (Å²) < 4.78 is 5.38. The van der Waals surface area contributed by atoms with Crippen molar-refractivity contribution in [3.63, 3.8) is 0 Å². The lowest BCUT2D eigenvalue weighted by molar-refractivity contribution is 0.0473. The third-order valence-electron chi connectivity index (χ3n) is 4.48. The highest BCUT2D eigenvalue weighted by Gasteiger charge is 2.32. The van der Waals surface area contributed by atoms with E-state index in [0.717, 1.165) is 16.1 Å². The minimum Gasteiger partial charge on any atom is -0.496 e. The number of aryl methyl sites for hydroxylation is 2. The lowest BCUT2D eigenvalue weighted by atomic mass is 10.0. The molecule has 0 bridgehead atoms. The Balaban J connectivity index is 2.58. The van der Waals surface area contributed by atoms with E-state index in [0.29, 0.717) is 28.9 Å². The molecular weight excluding hydrogens is 366 g/mol. The first kappa shape index (κ1) is 22.1. The zero-order valence-electron chi connectivity index (χ0n) is 17.8. The van der Waals surface area contributed by atoms with Gasteiger partial charge in [-0.25, -0.2) is 10.4 Å². The summed E-state index contributed by atoms with van der Waals surface area (Å²) in [5.41, 5.74) is 4.93. The van der Waals surface area contributed by atoms with Crippen LogP contribution in [0.2, 0.25) is 0 Å². The van der Waals surface area contributed by atoms with Crippen LogP contribution in [-0.4, -0.2) is 29.5 Å². The highest BCUT2D eigenvalue weighted by molar-refractivity contribution is 6.10. The zero-order valence-corrected chi connectivity index (χ0v) is 17.8. The molecule has 0 saturated heterocycles. The molecular formula is C23H27N3O3. The van der Waals surface area contributed by atoms with E-state index in [1.54, 1.807) is 44.2 Å². The van der Waals surface area contributed by atoms with Crippen LogP contribution in [0.4, 0.5) is 0 Å². The van der Waals surface area contributed by atoms with Crippen molar-refractivity contribution < 1.29 is 14.3 Å². The number of hydrogen-bond acceptors (Lipinski definition) is 5. The van der Waals surface area contributed by atoms with E-state index in [1.165, 1.54) is 7.11 Å². The molecule has 0 aliphatic heterocycles.